The second-order valence-corrected chi connectivity index (χ2v) is 8.59. The maximum absolute atomic E-state index is 5.64. The summed E-state index contributed by atoms with van der Waals surface area (Å²) in [5.41, 5.74) is 0. The van der Waals surface area contributed by atoms with Crippen molar-refractivity contribution in [1.82, 2.24) is 0 Å². The average molecular weight is 322 g/mol. The van der Waals surface area contributed by atoms with E-state index in [9.17, 15) is 0 Å². The molecule has 3 nitrogen and oxygen atoms in total. The molecule has 0 atom stereocenters. The summed E-state index contributed by atoms with van der Waals surface area (Å²) >= 11 is 0. The molecule has 0 radical (unpaired) electrons. The molecule has 0 aromatic heterocycles. The molecule has 116 valence electrons. The van der Waals surface area contributed by atoms with Crippen LogP contribution in [-0.4, -0.2) is 30.1 Å². The van der Waals surface area contributed by atoms with Crippen LogP contribution >= 0.6 is 0 Å². The molecule has 0 spiro atoms. The van der Waals surface area contributed by atoms with Crippen LogP contribution in [0.4, 0.5) is 0 Å². The van der Waals surface area contributed by atoms with Crippen LogP contribution < -0.4 is 5.19 Å². The Bertz CT molecular complexity index is 920. The van der Waals surface area contributed by atoms with Crippen LogP contribution in [0.15, 0.2) is 54.6 Å². The largest absolute Gasteiger partial charge is 0.536 e. The van der Waals surface area contributed by atoms with Gasteiger partial charge in [0.25, 0.3) is 0 Å². The van der Waals surface area contributed by atoms with Gasteiger partial charge in [-0.2, -0.15) is 0 Å². The van der Waals surface area contributed by atoms with E-state index in [1.165, 1.54) is 32.3 Å². The van der Waals surface area contributed by atoms with Crippen molar-refractivity contribution in [3.8, 4) is 0 Å². The highest BCUT2D eigenvalue weighted by Gasteiger charge is 2.41. The molecule has 0 N–H and O–H groups in total. The van der Waals surface area contributed by atoms with Gasteiger partial charge in [-0.15, -0.1) is 0 Å². The Morgan fingerprint density at radius 3 is 1.52 bits per heavy atom. The molecule has 0 saturated heterocycles. The zero-order valence-electron chi connectivity index (χ0n) is 13.4. The van der Waals surface area contributed by atoms with Crippen molar-refractivity contribution in [2.24, 2.45) is 0 Å². The summed E-state index contributed by atoms with van der Waals surface area (Å²) in [6, 6.07) is 19.4. The fourth-order valence-corrected chi connectivity index (χ4v) is 5.41. The van der Waals surface area contributed by atoms with Gasteiger partial charge in [0, 0.05) is 26.5 Å². The number of rotatable bonds is 4. The molecule has 0 unspecified atom stereocenters. The molecule has 23 heavy (non-hydrogen) atoms. The maximum Gasteiger partial charge on any atom is 0.536 e. The second-order valence-electron chi connectivity index (χ2n) is 5.68. The van der Waals surface area contributed by atoms with Crippen molar-refractivity contribution in [3.63, 3.8) is 0 Å². The first kappa shape index (κ1) is 14.6. The zero-order valence-corrected chi connectivity index (χ0v) is 14.4. The Hall–Kier alpha value is -1.98. The molecule has 0 aliphatic rings. The summed E-state index contributed by atoms with van der Waals surface area (Å²) < 4.78 is 16.9. The van der Waals surface area contributed by atoms with E-state index in [0.717, 1.165) is 5.19 Å². The minimum absolute atomic E-state index is 0.982. The van der Waals surface area contributed by atoms with Gasteiger partial charge >= 0.3 is 8.80 Å². The van der Waals surface area contributed by atoms with Gasteiger partial charge in [-0.1, -0.05) is 42.5 Å². The number of benzene rings is 4. The maximum atomic E-state index is 5.64. The summed E-state index contributed by atoms with van der Waals surface area (Å²) in [7, 11) is 2.09. The van der Waals surface area contributed by atoms with Crippen molar-refractivity contribution in [3.05, 3.63) is 54.6 Å². The first-order chi connectivity index (χ1) is 11.2. The van der Waals surface area contributed by atoms with Crippen molar-refractivity contribution >= 4 is 46.3 Å². The minimum Gasteiger partial charge on any atom is -0.373 e. The summed E-state index contributed by atoms with van der Waals surface area (Å²) in [6.45, 7) is 0. The highest BCUT2D eigenvalue weighted by atomic mass is 28.4. The summed E-state index contributed by atoms with van der Waals surface area (Å²) in [5, 5.41) is 8.49. The Kier molecular flexibility index (Phi) is 3.35. The molecule has 4 rings (SSSR count). The van der Waals surface area contributed by atoms with E-state index < -0.39 is 8.80 Å². The highest BCUT2D eigenvalue weighted by molar-refractivity contribution is 6.75. The van der Waals surface area contributed by atoms with Crippen LogP contribution in [0.3, 0.4) is 0 Å². The summed E-state index contributed by atoms with van der Waals surface area (Å²) in [6.07, 6.45) is 0. The lowest BCUT2D eigenvalue weighted by Crippen LogP contribution is -2.54. The lowest BCUT2D eigenvalue weighted by molar-refractivity contribution is 0.140. The van der Waals surface area contributed by atoms with Gasteiger partial charge in [-0.25, -0.2) is 0 Å². The van der Waals surface area contributed by atoms with Crippen molar-refractivity contribution < 1.29 is 13.3 Å². The highest BCUT2D eigenvalue weighted by Crippen LogP contribution is 2.34. The van der Waals surface area contributed by atoms with E-state index in [-0.39, 0.29) is 0 Å². The van der Waals surface area contributed by atoms with Crippen LogP contribution in [0.2, 0.25) is 0 Å². The standard InChI is InChI=1S/C19H18O3Si/c1-20-23(21-2,22-3)17-11-15-9-7-13-5-4-6-14-8-10-16(12-17)19(15)18(13)14/h4-12H,1-3H3. The van der Waals surface area contributed by atoms with E-state index in [0.29, 0.717) is 0 Å². The number of hydrogen-bond acceptors (Lipinski definition) is 3. The topological polar surface area (TPSA) is 27.7 Å². The van der Waals surface area contributed by atoms with Crippen LogP contribution in [0.5, 0.6) is 0 Å². The number of hydrogen-bond donors (Lipinski definition) is 0. The molecule has 4 aromatic rings. The Labute approximate surface area is 136 Å². The monoisotopic (exact) mass is 322 g/mol. The summed E-state index contributed by atoms with van der Waals surface area (Å²) in [5.74, 6) is 0. The molecular formula is C19H18O3Si. The Balaban J connectivity index is 2.11. The fourth-order valence-electron chi connectivity index (χ4n) is 3.53. The lowest BCUT2D eigenvalue weighted by atomic mass is 9.94. The lowest BCUT2D eigenvalue weighted by Gasteiger charge is -2.25. The predicted molar refractivity (Wildman–Crippen MR) is 96.6 cm³/mol. The van der Waals surface area contributed by atoms with Crippen LogP contribution in [-0.2, 0) is 13.3 Å². The van der Waals surface area contributed by atoms with Gasteiger partial charge in [0.05, 0.1) is 0 Å². The van der Waals surface area contributed by atoms with Gasteiger partial charge in [0.15, 0.2) is 0 Å². The van der Waals surface area contributed by atoms with Gasteiger partial charge in [0.1, 0.15) is 0 Å². The van der Waals surface area contributed by atoms with E-state index in [4.69, 9.17) is 13.3 Å². The Morgan fingerprint density at radius 1 is 0.609 bits per heavy atom. The predicted octanol–water partition coefficient (Wildman–Crippen LogP) is 3.67. The van der Waals surface area contributed by atoms with E-state index in [2.05, 4.69) is 54.6 Å². The molecule has 0 heterocycles. The second kappa shape index (κ2) is 5.28. The molecule has 0 saturated carbocycles. The quantitative estimate of drug-likeness (QED) is 0.424. The van der Waals surface area contributed by atoms with E-state index >= 15 is 0 Å². The SMILES string of the molecule is CO[Si](OC)(OC)c1cc2ccc3cccc4ccc(c1)c2c34. The van der Waals surface area contributed by atoms with Crippen molar-refractivity contribution in [1.29, 1.82) is 0 Å². The molecule has 4 aromatic carbocycles. The van der Waals surface area contributed by atoms with E-state index in [1.54, 1.807) is 21.3 Å². The third-order valence-electron chi connectivity index (χ3n) is 4.62. The zero-order chi connectivity index (χ0) is 16.0. The first-order valence-corrected chi connectivity index (χ1v) is 9.28. The fraction of sp³-hybridized carbons (Fsp3) is 0.158. The van der Waals surface area contributed by atoms with Gasteiger partial charge < -0.3 is 13.3 Å². The normalized spacial score (nSPS) is 12.7. The smallest absolute Gasteiger partial charge is 0.373 e. The minimum atomic E-state index is -2.84. The third kappa shape index (κ3) is 2.00. The van der Waals surface area contributed by atoms with Gasteiger partial charge in [-0.3, -0.25) is 0 Å². The summed E-state index contributed by atoms with van der Waals surface area (Å²) in [4.78, 5) is 0. The molecule has 0 aliphatic heterocycles. The molecular weight excluding hydrogens is 304 g/mol. The van der Waals surface area contributed by atoms with Gasteiger partial charge in [-0.05, 0) is 44.5 Å². The van der Waals surface area contributed by atoms with Gasteiger partial charge in [0.2, 0.25) is 0 Å². The van der Waals surface area contributed by atoms with Crippen LogP contribution in [0, 0.1) is 0 Å². The third-order valence-corrected chi connectivity index (χ3v) is 7.23. The molecule has 0 aliphatic carbocycles. The van der Waals surface area contributed by atoms with Crippen molar-refractivity contribution in [2.75, 3.05) is 21.3 Å². The van der Waals surface area contributed by atoms with Crippen LogP contribution in [0.1, 0.15) is 0 Å². The molecule has 0 amide bonds. The van der Waals surface area contributed by atoms with Crippen LogP contribution in [0.25, 0.3) is 32.3 Å². The van der Waals surface area contributed by atoms with Crippen molar-refractivity contribution in [2.45, 2.75) is 0 Å². The molecule has 0 bridgehead atoms. The Morgan fingerprint density at radius 2 is 1.04 bits per heavy atom. The first-order valence-electron chi connectivity index (χ1n) is 7.56. The van der Waals surface area contributed by atoms with E-state index in [1.807, 2.05) is 0 Å². The molecule has 0 fully saturated rings. The average Bonchev–Trinajstić information content (AvgIpc) is 2.61. The molecule has 4 heteroatoms.